The number of nitrogens with two attached hydrogens (primary N) is 1. The monoisotopic (exact) mass is 268 g/mol. The first-order chi connectivity index (χ1) is 9.02. The molecule has 0 aromatic carbocycles. The summed E-state index contributed by atoms with van der Waals surface area (Å²) in [5, 5.41) is 0. The van der Waals surface area contributed by atoms with Gasteiger partial charge in [0.2, 0.25) is 5.91 Å². The van der Waals surface area contributed by atoms with Crippen LogP contribution in [-0.4, -0.2) is 29.4 Å². The third-order valence-electron chi connectivity index (χ3n) is 4.71. The van der Waals surface area contributed by atoms with Crippen molar-refractivity contribution in [3.63, 3.8) is 0 Å². The highest BCUT2D eigenvalue weighted by Crippen LogP contribution is 2.31. The lowest BCUT2D eigenvalue weighted by Crippen LogP contribution is -2.51. The Morgan fingerprint density at radius 1 is 1.37 bits per heavy atom. The number of carbonyl (C=O) groups is 1. The standard InChI is InChI=1S/C16H32N2O/c1-5-7-11-18(13(4)6-2)16(19)15-12(3)9-8-10-14(15)17/h12-15H,5-11,17H2,1-4H3. The zero-order valence-electron chi connectivity index (χ0n) is 13.2. The maximum atomic E-state index is 12.9. The maximum absolute atomic E-state index is 12.9. The van der Waals surface area contributed by atoms with Crippen LogP contribution >= 0.6 is 0 Å². The van der Waals surface area contributed by atoms with E-state index in [0.717, 1.165) is 38.6 Å². The van der Waals surface area contributed by atoms with E-state index in [2.05, 4.69) is 32.6 Å². The second-order valence-corrected chi connectivity index (χ2v) is 6.24. The molecule has 19 heavy (non-hydrogen) atoms. The molecule has 1 amide bonds. The van der Waals surface area contributed by atoms with Crippen molar-refractivity contribution >= 4 is 5.91 Å². The molecule has 2 N–H and O–H groups in total. The van der Waals surface area contributed by atoms with Crippen LogP contribution in [0.15, 0.2) is 0 Å². The van der Waals surface area contributed by atoms with Gasteiger partial charge in [0.1, 0.15) is 0 Å². The highest BCUT2D eigenvalue weighted by Gasteiger charge is 2.37. The van der Waals surface area contributed by atoms with Crippen molar-refractivity contribution < 1.29 is 4.79 Å². The normalized spacial score (nSPS) is 29.0. The summed E-state index contributed by atoms with van der Waals surface area (Å²) in [5.41, 5.74) is 6.23. The van der Waals surface area contributed by atoms with E-state index in [4.69, 9.17) is 5.73 Å². The minimum atomic E-state index is 0.0413. The fraction of sp³-hybridized carbons (Fsp3) is 0.938. The van der Waals surface area contributed by atoms with E-state index >= 15 is 0 Å². The first kappa shape index (κ1) is 16.5. The second kappa shape index (κ2) is 7.88. The predicted octanol–water partition coefficient (Wildman–Crippen LogP) is 3.18. The first-order valence-corrected chi connectivity index (χ1v) is 8.08. The first-order valence-electron chi connectivity index (χ1n) is 8.08. The summed E-state index contributed by atoms with van der Waals surface area (Å²) in [5.74, 6) is 0.784. The molecule has 0 spiro atoms. The predicted molar refractivity (Wildman–Crippen MR) is 80.9 cm³/mol. The second-order valence-electron chi connectivity index (χ2n) is 6.24. The Kier molecular flexibility index (Phi) is 6.84. The Morgan fingerprint density at radius 2 is 2.05 bits per heavy atom. The van der Waals surface area contributed by atoms with Crippen molar-refractivity contribution in [3.05, 3.63) is 0 Å². The molecule has 0 aromatic heterocycles. The van der Waals surface area contributed by atoms with E-state index in [1.54, 1.807) is 0 Å². The van der Waals surface area contributed by atoms with Gasteiger partial charge in [0.15, 0.2) is 0 Å². The van der Waals surface area contributed by atoms with Crippen molar-refractivity contribution in [2.75, 3.05) is 6.54 Å². The number of nitrogens with zero attached hydrogens (tertiary/aromatic N) is 1. The Bertz CT molecular complexity index is 270. The van der Waals surface area contributed by atoms with Crippen LogP contribution in [0.5, 0.6) is 0 Å². The molecule has 0 radical (unpaired) electrons. The van der Waals surface area contributed by atoms with Crippen molar-refractivity contribution in [1.29, 1.82) is 0 Å². The van der Waals surface area contributed by atoms with Gasteiger partial charge in [0.05, 0.1) is 5.92 Å². The summed E-state index contributed by atoms with van der Waals surface area (Å²) in [4.78, 5) is 15.0. The molecule has 0 aromatic rings. The van der Waals surface area contributed by atoms with E-state index in [0.29, 0.717) is 17.9 Å². The van der Waals surface area contributed by atoms with Crippen molar-refractivity contribution in [1.82, 2.24) is 4.90 Å². The van der Waals surface area contributed by atoms with E-state index in [1.165, 1.54) is 6.42 Å². The van der Waals surface area contributed by atoms with Gasteiger partial charge < -0.3 is 10.6 Å². The molecule has 1 rings (SSSR count). The number of unbranched alkanes of at least 4 members (excludes halogenated alkanes) is 1. The van der Waals surface area contributed by atoms with Gasteiger partial charge in [-0.05, 0) is 38.5 Å². The molecule has 112 valence electrons. The Hall–Kier alpha value is -0.570. The van der Waals surface area contributed by atoms with Crippen LogP contribution in [0, 0.1) is 11.8 Å². The molecule has 1 aliphatic carbocycles. The highest BCUT2D eigenvalue weighted by molar-refractivity contribution is 5.80. The van der Waals surface area contributed by atoms with Crippen LogP contribution in [0.2, 0.25) is 0 Å². The van der Waals surface area contributed by atoms with Crippen molar-refractivity contribution in [2.24, 2.45) is 17.6 Å². The molecule has 4 unspecified atom stereocenters. The van der Waals surface area contributed by atoms with Gasteiger partial charge in [-0.1, -0.05) is 33.6 Å². The lowest BCUT2D eigenvalue weighted by atomic mass is 9.76. The molecule has 0 heterocycles. The topological polar surface area (TPSA) is 46.3 Å². The quantitative estimate of drug-likeness (QED) is 0.804. The summed E-state index contributed by atoms with van der Waals surface area (Å²) in [6.45, 7) is 9.57. The molecule has 1 saturated carbocycles. The molecule has 1 aliphatic rings. The van der Waals surface area contributed by atoms with Gasteiger partial charge in [-0.3, -0.25) is 4.79 Å². The SMILES string of the molecule is CCCCN(C(=O)C1C(C)CCCC1N)C(C)CC. The van der Waals surface area contributed by atoms with Crippen LogP contribution in [0.3, 0.4) is 0 Å². The van der Waals surface area contributed by atoms with Gasteiger partial charge in [0, 0.05) is 18.6 Å². The molecule has 4 atom stereocenters. The van der Waals surface area contributed by atoms with Crippen LogP contribution in [0.25, 0.3) is 0 Å². The third kappa shape index (κ3) is 4.20. The fourth-order valence-corrected chi connectivity index (χ4v) is 3.17. The van der Waals surface area contributed by atoms with Crippen LogP contribution in [0.4, 0.5) is 0 Å². The Morgan fingerprint density at radius 3 is 2.58 bits per heavy atom. The average Bonchev–Trinajstić information content (AvgIpc) is 2.38. The number of hydrogen-bond donors (Lipinski definition) is 1. The Labute approximate surface area is 118 Å². The Balaban J connectivity index is 2.78. The van der Waals surface area contributed by atoms with Crippen LogP contribution in [-0.2, 0) is 4.79 Å². The van der Waals surface area contributed by atoms with E-state index < -0.39 is 0 Å². The minimum absolute atomic E-state index is 0.0413. The molecule has 0 bridgehead atoms. The molecule has 1 fully saturated rings. The summed E-state index contributed by atoms with van der Waals surface area (Å²) < 4.78 is 0. The summed E-state index contributed by atoms with van der Waals surface area (Å²) in [6, 6.07) is 0.393. The zero-order valence-corrected chi connectivity index (χ0v) is 13.2. The highest BCUT2D eigenvalue weighted by atomic mass is 16.2. The lowest BCUT2D eigenvalue weighted by molar-refractivity contribution is -0.141. The molecule has 3 heteroatoms. The van der Waals surface area contributed by atoms with E-state index in [9.17, 15) is 4.79 Å². The summed E-state index contributed by atoms with van der Waals surface area (Å²) >= 11 is 0. The number of hydrogen-bond acceptors (Lipinski definition) is 2. The summed E-state index contributed by atoms with van der Waals surface area (Å²) in [7, 11) is 0. The van der Waals surface area contributed by atoms with E-state index in [1.807, 2.05) is 0 Å². The average molecular weight is 268 g/mol. The molecule has 3 nitrogen and oxygen atoms in total. The molecular weight excluding hydrogens is 236 g/mol. The van der Waals surface area contributed by atoms with Gasteiger partial charge in [-0.25, -0.2) is 0 Å². The van der Waals surface area contributed by atoms with Crippen molar-refractivity contribution in [2.45, 2.75) is 78.3 Å². The third-order valence-corrected chi connectivity index (χ3v) is 4.71. The number of rotatable bonds is 6. The maximum Gasteiger partial charge on any atom is 0.227 e. The van der Waals surface area contributed by atoms with Gasteiger partial charge in [-0.15, -0.1) is 0 Å². The summed E-state index contributed by atoms with van der Waals surface area (Å²) in [6.07, 6.45) is 6.56. The fourth-order valence-electron chi connectivity index (χ4n) is 3.17. The van der Waals surface area contributed by atoms with Gasteiger partial charge in [0.25, 0.3) is 0 Å². The number of amides is 1. The van der Waals surface area contributed by atoms with Gasteiger partial charge >= 0.3 is 0 Å². The lowest BCUT2D eigenvalue weighted by Gasteiger charge is -2.39. The largest absolute Gasteiger partial charge is 0.340 e. The minimum Gasteiger partial charge on any atom is -0.340 e. The smallest absolute Gasteiger partial charge is 0.227 e. The van der Waals surface area contributed by atoms with Crippen LogP contribution in [0.1, 0.15) is 66.2 Å². The number of carbonyl (C=O) groups excluding carboxylic acids is 1. The van der Waals surface area contributed by atoms with Crippen LogP contribution < -0.4 is 5.73 Å². The molecular formula is C16H32N2O. The molecule has 0 saturated heterocycles. The zero-order chi connectivity index (χ0) is 14.4. The van der Waals surface area contributed by atoms with E-state index in [-0.39, 0.29) is 12.0 Å². The van der Waals surface area contributed by atoms with Crippen molar-refractivity contribution in [3.8, 4) is 0 Å². The van der Waals surface area contributed by atoms with Gasteiger partial charge in [-0.2, -0.15) is 0 Å². The molecule has 0 aliphatic heterocycles.